The molecule has 0 saturated heterocycles. The van der Waals surface area contributed by atoms with Gasteiger partial charge in [-0.3, -0.25) is 15.1 Å². The maximum absolute atomic E-state index is 10.8. The maximum Gasteiger partial charge on any atom is 0.259 e. The molecule has 0 saturated carbocycles. The summed E-state index contributed by atoms with van der Waals surface area (Å²) in [6.45, 7) is 2.82. The molecule has 148 valence electrons. The largest absolute Gasteiger partial charge is 0.368 e. The molecule has 0 fully saturated rings. The van der Waals surface area contributed by atoms with Crippen molar-refractivity contribution < 1.29 is 4.92 Å². The Morgan fingerprint density at radius 3 is 2.81 bits per heavy atom. The third kappa shape index (κ3) is 11.4. The predicted octanol–water partition coefficient (Wildman–Crippen LogP) is 1.65. The van der Waals surface area contributed by atoms with Gasteiger partial charge in [-0.15, -0.1) is 11.3 Å². The van der Waals surface area contributed by atoms with E-state index in [0.29, 0.717) is 18.9 Å². The van der Waals surface area contributed by atoms with Gasteiger partial charge >= 0.3 is 0 Å². The Hall–Kier alpha value is -1.23. The Morgan fingerprint density at radius 2 is 2.15 bits per heavy atom. The van der Waals surface area contributed by atoms with Crippen molar-refractivity contribution in [3.05, 3.63) is 26.2 Å². The highest BCUT2D eigenvalue weighted by Gasteiger charge is 2.07. The fourth-order valence-electron chi connectivity index (χ4n) is 2.09. The van der Waals surface area contributed by atoms with E-state index in [1.807, 2.05) is 28.2 Å². The average molecular weight is 403 g/mol. The molecule has 1 N–H and O–H groups in total. The molecule has 1 heterocycles. The smallest absolute Gasteiger partial charge is 0.259 e. The Kier molecular flexibility index (Phi) is 11.4. The van der Waals surface area contributed by atoms with Crippen LogP contribution in [0.4, 0.5) is 0 Å². The second-order valence-electron chi connectivity index (χ2n) is 6.43. The molecular weight excluding hydrogens is 372 g/mol. The molecular formula is C16H30N6O2S2. The van der Waals surface area contributed by atoms with Crippen LogP contribution >= 0.6 is 23.1 Å². The summed E-state index contributed by atoms with van der Waals surface area (Å²) in [6.07, 6.45) is 0.893. The van der Waals surface area contributed by atoms with Crippen LogP contribution in [0, 0.1) is 10.1 Å². The summed E-state index contributed by atoms with van der Waals surface area (Å²) in [4.78, 5) is 23.5. The molecule has 0 radical (unpaired) electrons. The third-order valence-electron chi connectivity index (χ3n) is 3.22. The highest BCUT2D eigenvalue weighted by Crippen LogP contribution is 2.16. The number of nitrogens with zero attached hydrogens (tertiary/aromatic N) is 5. The Morgan fingerprint density at radius 1 is 1.38 bits per heavy atom. The SMILES string of the molecule is CN(C)CCCN=C(C[N+](=O)[O-])NCCSCc1csc(CN(C)C)n1. The van der Waals surface area contributed by atoms with Crippen LogP contribution in [0.3, 0.4) is 0 Å². The summed E-state index contributed by atoms with van der Waals surface area (Å²) >= 11 is 3.46. The van der Waals surface area contributed by atoms with Gasteiger partial charge in [-0.2, -0.15) is 11.8 Å². The molecule has 0 aliphatic carbocycles. The van der Waals surface area contributed by atoms with Crippen LogP contribution in [0.25, 0.3) is 0 Å². The number of thiazole rings is 1. The number of aromatic nitrogens is 1. The van der Waals surface area contributed by atoms with Crippen LogP contribution < -0.4 is 5.32 Å². The van der Waals surface area contributed by atoms with Crippen LogP contribution in [0.15, 0.2) is 10.4 Å². The van der Waals surface area contributed by atoms with Gasteiger partial charge < -0.3 is 15.1 Å². The molecule has 0 atom stereocenters. The fraction of sp³-hybridized carbons (Fsp3) is 0.750. The lowest BCUT2D eigenvalue weighted by Gasteiger charge is -2.09. The lowest BCUT2D eigenvalue weighted by atomic mass is 10.4. The van der Waals surface area contributed by atoms with Crippen molar-refractivity contribution in [2.24, 2.45) is 4.99 Å². The van der Waals surface area contributed by atoms with Gasteiger partial charge in [0.1, 0.15) is 5.01 Å². The van der Waals surface area contributed by atoms with Crippen molar-refractivity contribution in [3.63, 3.8) is 0 Å². The van der Waals surface area contributed by atoms with Crippen LogP contribution in [0.5, 0.6) is 0 Å². The Balaban J connectivity index is 2.27. The third-order valence-corrected chi connectivity index (χ3v) is 5.10. The van der Waals surface area contributed by atoms with Gasteiger partial charge in [0.25, 0.3) is 6.54 Å². The molecule has 0 unspecified atom stereocenters. The Bertz CT molecular complexity index is 563. The summed E-state index contributed by atoms with van der Waals surface area (Å²) in [6, 6.07) is 0. The van der Waals surface area contributed by atoms with Gasteiger partial charge in [-0.1, -0.05) is 0 Å². The molecule has 1 rings (SSSR count). The van der Waals surface area contributed by atoms with E-state index in [1.54, 1.807) is 23.1 Å². The van der Waals surface area contributed by atoms with Gasteiger partial charge in [0, 0.05) is 41.4 Å². The minimum Gasteiger partial charge on any atom is -0.368 e. The molecule has 26 heavy (non-hydrogen) atoms. The average Bonchev–Trinajstić information content (AvgIpc) is 2.96. The molecule has 0 spiro atoms. The number of hydrogen-bond acceptors (Lipinski definition) is 8. The van der Waals surface area contributed by atoms with Crippen molar-refractivity contribution in [1.29, 1.82) is 0 Å². The molecule has 1 aromatic heterocycles. The van der Waals surface area contributed by atoms with Gasteiger partial charge in [-0.25, -0.2) is 4.98 Å². The monoisotopic (exact) mass is 402 g/mol. The van der Waals surface area contributed by atoms with Crippen LogP contribution in [0.2, 0.25) is 0 Å². The van der Waals surface area contributed by atoms with Gasteiger partial charge in [0.15, 0.2) is 5.84 Å². The molecule has 0 aliphatic rings. The Labute approximate surface area is 164 Å². The van der Waals surface area contributed by atoms with Crippen LogP contribution in [-0.2, 0) is 12.3 Å². The molecule has 10 heteroatoms. The molecule has 0 aliphatic heterocycles. The molecule has 0 bridgehead atoms. The minimum absolute atomic E-state index is 0.243. The molecule has 1 aromatic rings. The number of hydrogen-bond donors (Lipinski definition) is 1. The number of nitro groups is 1. The van der Waals surface area contributed by atoms with Crippen LogP contribution in [-0.4, -0.2) is 85.7 Å². The number of nitrogens with one attached hydrogen (secondary N) is 1. The summed E-state index contributed by atoms with van der Waals surface area (Å²) in [5.74, 6) is 2.18. The quantitative estimate of drug-likeness (QED) is 0.176. The predicted molar refractivity (Wildman–Crippen MR) is 111 cm³/mol. The number of aliphatic imine (C=N–C) groups is 1. The van der Waals surface area contributed by atoms with Crippen molar-refractivity contribution in [2.75, 3.05) is 60.1 Å². The van der Waals surface area contributed by atoms with E-state index >= 15 is 0 Å². The van der Waals surface area contributed by atoms with Gasteiger partial charge in [0.2, 0.25) is 0 Å². The van der Waals surface area contributed by atoms with E-state index in [4.69, 9.17) is 0 Å². The van der Waals surface area contributed by atoms with Gasteiger partial charge in [-0.05, 0) is 41.2 Å². The fourth-order valence-corrected chi connectivity index (χ4v) is 3.85. The zero-order valence-corrected chi connectivity index (χ0v) is 17.7. The second kappa shape index (κ2) is 13.0. The van der Waals surface area contributed by atoms with Crippen molar-refractivity contribution in [2.45, 2.75) is 18.7 Å². The van der Waals surface area contributed by atoms with E-state index in [0.717, 1.165) is 41.7 Å². The topological polar surface area (TPSA) is 86.9 Å². The van der Waals surface area contributed by atoms with Crippen molar-refractivity contribution in [1.82, 2.24) is 20.1 Å². The first-order valence-corrected chi connectivity index (χ1v) is 10.6. The summed E-state index contributed by atoms with van der Waals surface area (Å²) in [5.41, 5.74) is 1.10. The van der Waals surface area contributed by atoms with E-state index < -0.39 is 0 Å². The number of amidine groups is 1. The van der Waals surface area contributed by atoms with Crippen molar-refractivity contribution in [3.8, 4) is 0 Å². The number of thioether (sulfide) groups is 1. The van der Waals surface area contributed by atoms with Crippen LogP contribution in [0.1, 0.15) is 17.1 Å². The maximum atomic E-state index is 10.8. The molecule has 0 amide bonds. The highest BCUT2D eigenvalue weighted by molar-refractivity contribution is 7.98. The highest BCUT2D eigenvalue weighted by atomic mass is 32.2. The molecule has 8 nitrogen and oxygen atoms in total. The zero-order chi connectivity index (χ0) is 19.4. The second-order valence-corrected chi connectivity index (χ2v) is 8.47. The van der Waals surface area contributed by atoms with E-state index in [2.05, 4.69) is 30.5 Å². The number of rotatable bonds is 13. The first kappa shape index (κ1) is 22.8. The standard InChI is InChI=1S/C16H30N6O2S2/c1-20(2)8-5-6-17-15(10-22(23)24)18-7-9-25-12-14-13-26-16(19-14)11-21(3)4/h13H,5-12H2,1-4H3,(H,17,18). The van der Waals surface area contributed by atoms with Crippen molar-refractivity contribution >= 4 is 28.9 Å². The van der Waals surface area contributed by atoms with E-state index in [1.165, 1.54) is 0 Å². The van der Waals surface area contributed by atoms with E-state index in [9.17, 15) is 10.1 Å². The summed E-state index contributed by atoms with van der Waals surface area (Å²) in [7, 11) is 8.07. The summed E-state index contributed by atoms with van der Waals surface area (Å²) < 4.78 is 0. The minimum atomic E-state index is -0.341. The molecule has 0 aromatic carbocycles. The normalized spacial score (nSPS) is 12.2. The lowest BCUT2D eigenvalue weighted by molar-refractivity contribution is -0.463. The first-order chi connectivity index (χ1) is 12.4. The zero-order valence-electron chi connectivity index (χ0n) is 16.1. The summed E-state index contributed by atoms with van der Waals surface area (Å²) in [5, 5.41) is 17.1. The van der Waals surface area contributed by atoms with Gasteiger partial charge in [0.05, 0.1) is 5.69 Å². The lowest BCUT2D eigenvalue weighted by Crippen LogP contribution is -2.32. The van der Waals surface area contributed by atoms with E-state index in [-0.39, 0.29) is 11.5 Å². The first-order valence-electron chi connectivity index (χ1n) is 8.56.